The summed E-state index contributed by atoms with van der Waals surface area (Å²) in [6, 6.07) is 3.49. The molecular formula is C11H13BrO4. The molecule has 0 aliphatic carbocycles. The zero-order chi connectivity index (χ0) is 12.3. The number of carboxylic acid groups (broad SMARTS) is 1. The molecule has 16 heavy (non-hydrogen) atoms. The van der Waals surface area contributed by atoms with Gasteiger partial charge in [0.05, 0.1) is 11.6 Å². The largest absolute Gasteiger partial charge is 0.495 e. The molecule has 0 amide bonds. The summed E-state index contributed by atoms with van der Waals surface area (Å²) in [4.78, 5) is 10.8. The molecule has 4 nitrogen and oxygen atoms in total. The molecule has 0 saturated heterocycles. The Morgan fingerprint density at radius 1 is 1.56 bits per heavy atom. The van der Waals surface area contributed by atoms with Crippen LogP contribution < -0.4 is 4.74 Å². The molecule has 0 bridgehead atoms. The monoisotopic (exact) mass is 288 g/mol. The van der Waals surface area contributed by atoms with Crippen molar-refractivity contribution in [3.63, 3.8) is 0 Å². The first-order valence-corrected chi connectivity index (χ1v) is 5.57. The smallest absolute Gasteiger partial charge is 0.337 e. The number of rotatable bonds is 4. The second-order valence-electron chi connectivity index (χ2n) is 3.29. The first kappa shape index (κ1) is 13.0. The van der Waals surface area contributed by atoms with Crippen LogP contribution in [0.4, 0.5) is 0 Å². The summed E-state index contributed by atoms with van der Waals surface area (Å²) in [6.45, 7) is 1.95. The van der Waals surface area contributed by atoms with Gasteiger partial charge in [-0.3, -0.25) is 0 Å². The molecule has 5 heteroatoms. The summed E-state index contributed by atoms with van der Waals surface area (Å²) in [5.74, 6) is -0.939. The SMILES string of the molecule is CCc1cc(Br)c(OC)c(C(O)C(=O)O)c1. The van der Waals surface area contributed by atoms with Gasteiger partial charge in [-0.1, -0.05) is 6.92 Å². The fourth-order valence-electron chi connectivity index (χ4n) is 1.43. The van der Waals surface area contributed by atoms with Crippen molar-refractivity contribution in [3.05, 3.63) is 27.7 Å². The second kappa shape index (κ2) is 5.32. The molecule has 1 unspecified atom stereocenters. The maximum absolute atomic E-state index is 10.8. The third-order valence-electron chi connectivity index (χ3n) is 2.27. The van der Waals surface area contributed by atoms with Crippen molar-refractivity contribution in [1.82, 2.24) is 0 Å². The van der Waals surface area contributed by atoms with Crippen LogP contribution in [-0.2, 0) is 11.2 Å². The Labute approximate surface area is 102 Å². The van der Waals surface area contributed by atoms with Crippen molar-refractivity contribution in [1.29, 1.82) is 0 Å². The van der Waals surface area contributed by atoms with E-state index >= 15 is 0 Å². The van der Waals surface area contributed by atoms with E-state index in [1.165, 1.54) is 7.11 Å². The maximum atomic E-state index is 10.8. The fraction of sp³-hybridized carbons (Fsp3) is 0.364. The zero-order valence-corrected chi connectivity index (χ0v) is 10.6. The summed E-state index contributed by atoms with van der Waals surface area (Å²) >= 11 is 3.29. The number of aliphatic hydroxyl groups excluding tert-OH is 1. The van der Waals surface area contributed by atoms with E-state index in [0.717, 1.165) is 12.0 Å². The number of benzene rings is 1. The van der Waals surface area contributed by atoms with E-state index < -0.39 is 12.1 Å². The minimum Gasteiger partial charge on any atom is -0.495 e. The van der Waals surface area contributed by atoms with E-state index in [2.05, 4.69) is 15.9 Å². The van der Waals surface area contributed by atoms with Crippen LogP contribution in [0.1, 0.15) is 24.2 Å². The lowest BCUT2D eigenvalue weighted by Gasteiger charge is -2.14. The molecule has 0 fully saturated rings. The third kappa shape index (κ3) is 2.54. The van der Waals surface area contributed by atoms with Crippen LogP contribution in [0.25, 0.3) is 0 Å². The zero-order valence-electron chi connectivity index (χ0n) is 9.03. The van der Waals surface area contributed by atoms with E-state index in [0.29, 0.717) is 10.2 Å². The van der Waals surface area contributed by atoms with Gasteiger partial charge in [0.15, 0.2) is 6.10 Å². The van der Waals surface area contributed by atoms with Gasteiger partial charge in [0.1, 0.15) is 5.75 Å². The summed E-state index contributed by atoms with van der Waals surface area (Å²) in [5.41, 5.74) is 1.20. The van der Waals surface area contributed by atoms with Gasteiger partial charge in [-0.2, -0.15) is 0 Å². The Morgan fingerprint density at radius 2 is 2.19 bits per heavy atom. The molecule has 0 heterocycles. The quantitative estimate of drug-likeness (QED) is 0.891. The average Bonchev–Trinajstić information content (AvgIpc) is 2.26. The first-order valence-electron chi connectivity index (χ1n) is 4.78. The lowest BCUT2D eigenvalue weighted by Crippen LogP contribution is -2.12. The topological polar surface area (TPSA) is 66.8 Å². The normalized spacial score (nSPS) is 12.2. The van der Waals surface area contributed by atoms with E-state index in [1.54, 1.807) is 6.07 Å². The standard InChI is InChI=1S/C11H13BrO4/c1-3-6-4-7(9(13)11(14)15)10(16-2)8(12)5-6/h4-5,9,13H,3H2,1-2H3,(H,14,15). The van der Waals surface area contributed by atoms with Gasteiger partial charge < -0.3 is 14.9 Å². The van der Waals surface area contributed by atoms with Crippen LogP contribution in [0, 0.1) is 0 Å². The number of carbonyl (C=O) groups is 1. The number of hydrogen-bond donors (Lipinski definition) is 2. The van der Waals surface area contributed by atoms with Crippen LogP contribution in [-0.4, -0.2) is 23.3 Å². The van der Waals surface area contributed by atoms with Crippen molar-refractivity contribution in [2.45, 2.75) is 19.4 Å². The molecule has 1 aromatic rings. The lowest BCUT2D eigenvalue weighted by molar-refractivity contribution is -0.147. The van der Waals surface area contributed by atoms with Gasteiger partial charge >= 0.3 is 5.97 Å². The molecule has 0 aliphatic rings. The van der Waals surface area contributed by atoms with Crippen LogP contribution >= 0.6 is 15.9 Å². The summed E-state index contributed by atoms with van der Waals surface area (Å²) < 4.78 is 5.72. The van der Waals surface area contributed by atoms with Gasteiger partial charge in [0, 0.05) is 5.56 Å². The van der Waals surface area contributed by atoms with Crippen molar-refractivity contribution < 1.29 is 19.7 Å². The number of aryl methyl sites for hydroxylation is 1. The van der Waals surface area contributed by atoms with E-state index in [1.807, 2.05) is 13.0 Å². The van der Waals surface area contributed by atoms with Crippen molar-refractivity contribution in [2.24, 2.45) is 0 Å². The van der Waals surface area contributed by atoms with Crippen molar-refractivity contribution in [2.75, 3.05) is 7.11 Å². The highest BCUT2D eigenvalue weighted by Crippen LogP contribution is 2.34. The number of hydrogen-bond acceptors (Lipinski definition) is 3. The predicted molar refractivity (Wildman–Crippen MR) is 62.7 cm³/mol. The molecule has 1 aromatic carbocycles. The van der Waals surface area contributed by atoms with Gasteiger partial charge in [-0.15, -0.1) is 0 Å². The number of methoxy groups -OCH3 is 1. The third-order valence-corrected chi connectivity index (χ3v) is 2.86. The molecule has 0 spiro atoms. The molecular weight excluding hydrogens is 276 g/mol. The van der Waals surface area contributed by atoms with Crippen molar-refractivity contribution in [3.8, 4) is 5.75 Å². The van der Waals surface area contributed by atoms with Crippen molar-refractivity contribution >= 4 is 21.9 Å². The highest BCUT2D eigenvalue weighted by molar-refractivity contribution is 9.10. The second-order valence-corrected chi connectivity index (χ2v) is 4.15. The van der Waals surface area contributed by atoms with Crippen LogP contribution in [0.5, 0.6) is 5.75 Å². The predicted octanol–water partition coefficient (Wildman–Crippen LogP) is 2.14. The van der Waals surface area contributed by atoms with Crippen LogP contribution in [0.15, 0.2) is 16.6 Å². The van der Waals surface area contributed by atoms with Crippen LogP contribution in [0.2, 0.25) is 0 Å². The van der Waals surface area contributed by atoms with Gasteiger partial charge in [0.25, 0.3) is 0 Å². The molecule has 1 rings (SSSR count). The summed E-state index contributed by atoms with van der Waals surface area (Å²) in [7, 11) is 1.43. The minimum atomic E-state index is -1.57. The first-order chi connectivity index (χ1) is 7.51. The summed E-state index contributed by atoms with van der Waals surface area (Å²) in [5, 5.41) is 18.3. The van der Waals surface area contributed by atoms with Crippen LogP contribution in [0.3, 0.4) is 0 Å². The Hall–Kier alpha value is -1.07. The van der Waals surface area contributed by atoms with E-state index in [4.69, 9.17) is 9.84 Å². The number of aliphatic hydroxyl groups is 1. The maximum Gasteiger partial charge on any atom is 0.337 e. The van der Waals surface area contributed by atoms with Gasteiger partial charge in [-0.05, 0) is 40.0 Å². The summed E-state index contributed by atoms with van der Waals surface area (Å²) in [6.07, 6.45) is -0.820. The molecule has 0 radical (unpaired) electrons. The van der Waals surface area contributed by atoms with E-state index in [-0.39, 0.29) is 5.56 Å². The molecule has 1 atom stereocenters. The number of aliphatic carboxylic acids is 1. The van der Waals surface area contributed by atoms with Gasteiger partial charge in [0.2, 0.25) is 0 Å². The van der Waals surface area contributed by atoms with E-state index in [9.17, 15) is 9.90 Å². The highest BCUT2D eigenvalue weighted by Gasteiger charge is 2.22. The Bertz CT molecular complexity index is 403. The number of halogens is 1. The molecule has 0 aliphatic heterocycles. The average molecular weight is 289 g/mol. The molecule has 2 N–H and O–H groups in total. The Morgan fingerprint density at radius 3 is 2.62 bits per heavy atom. The fourth-order valence-corrected chi connectivity index (χ4v) is 2.11. The molecule has 88 valence electrons. The number of ether oxygens (including phenoxy) is 1. The molecule has 0 saturated carbocycles. The highest BCUT2D eigenvalue weighted by atomic mass is 79.9. The number of carboxylic acids is 1. The Kier molecular flexibility index (Phi) is 4.32. The molecule has 0 aromatic heterocycles. The Balaban J connectivity index is 3.33. The van der Waals surface area contributed by atoms with Gasteiger partial charge in [-0.25, -0.2) is 4.79 Å². The lowest BCUT2D eigenvalue weighted by atomic mass is 10.0. The minimum absolute atomic E-state index is 0.265.